The fraction of sp³-hybridized carbons (Fsp3) is 0.200. The average molecular weight is 335 g/mol. The van der Waals surface area contributed by atoms with Gasteiger partial charge in [0.1, 0.15) is 5.75 Å². The summed E-state index contributed by atoms with van der Waals surface area (Å²) in [6.07, 6.45) is 1.47. The Labute approximate surface area is 146 Å². The Kier molecular flexibility index (Phi) is 4.84. The molecule has 128 valence electrons. The van der Waals surface area contributed by atoms with Crippen LogP contribution in [0.2, 0.25) is 0 Å². The van der Waals surface area contributed by atoms with E-state index in [9.17, 15) is 4.79 Å². The Morgan fingerprint density at radius 2 is 1.80 bits per heavy atom. The van der Waals surface area contributed by atoms with Crippen molar-refractivity contribution in [2.45, 2.75) is 12.8 Å². The van der Waals surface area contributed by atoms with E-state index in [0.29, 0.717) is 6.42 Å². The molecule has 0 aliphatic carbocycles. The summed E-state index contributed by atoms with van der Waals surface area (Å²) in [6.45, 7) is 0. The maximum absolute atomic E-state index is 11.8. The van der Waals surface area contributed by atoms with E-state index in [1.165, 1.54) is 10.1 Å². The van der Waals surface area contributed by atoms with Crippen molar-refractivity contribution in [2.75, 3.05) is 12.8 Å². The number of methoxy groups -OCH3 is 1. The van der Waals surface area contributed by atoms with Gasteiger partial charge in [-0.15, -0.1) is 0 Å². The van der Waals surface area contributed by atoms with Crippen molar-refractivity contribution in [1.82, 2.24) is 9.55 Å². The molecule has 0 saturated carbocycles. The van der Waals surface area contributed by atoms with Crippen LogP contribution >= 0.6 is 0 Å². The Bertz CT molecular complexity index is 930. The molecule has 0 unspecified atom stereocenters. The molecule has 1 aromatic heterocycles. The summed E-state index contributed by atoms with van der Waals surface area (Å²) < 4.78 is 6.54. The van der Waals surface area contributed by atoms with Crippen molar-refractivity contribution < 1.29 is 4.74 Å². The van der Waals surface area contributed by atoms with Crippen molar-refractivity contribution in [3.05, 3.63) is 76.2 Å². The summed E-state index contributed by atoms with van der Waals surface area (Å²) in [5.74, 6) is 1.09. The van der Waals surface area contributed by atoms with Gasteiger partial charge in [-0.1, -0.05) is 36.4 Å². The van der Waals surface area contributed by atoms with Crippen LogP contribution in [0.15, 0.2) is 59.4 Å². The summed E-state index contributed by atoms with van der Waals surface area (Å²) in [5, 5.41) is 0. The lowest BCUT2D eigenvalue weighted by Crippen LogP contribution is -2.21. The lowest BCUT2D eigenvalue weighted by atomic mass is 10.0. The minimum atomic E-state index is -0.130. The first-order valence-corrected chi connectivity index (χ1v) is 8.12. The number of anilines is 1. The lowest BCUT2D eigenvalue weighted by molar-refractivity contribution is 0.415. The normalized spacial score (nSPS) is 10.6. The van der Waals surface area contributed by atoms with E-state index in [2.05, 4.69) is 23.2 Å². The van der Waals surface area contributed by atoms with E-state index in [4.69, 9.17) is 10.5 Å². The van der Waals surface area contributed by atoms with Crippen molar-refractivity contribution in [3.63, 3.8) is 0 Å². The van der Waals surface area contributed by atoms with Gasteiger partial charge in [0.05, 0.1) is 12.8 Å². The number of nitrogens with zero attached hydrogens (tertiary/aromatic N) is 2. The molecule has 3 rings (SSSR count). The van der Waals surface area contributed by atoms with Gasteiger partial charge in [-0.3, -0.25) is 9.36 Å². The summed E-state index contributed by atoms with van der Waals surface area (Å²) in [7, 11) is 3.28. The van der Waals surface area contributed by atoms with Crippen LogP contribution in [0.1, 0.15) is 11.3 Å². The number of aromatic nitrogens is 2. The van der Waals surface area contributed by atoms with Gasteiger partial charge < -0.3 is 10.5 Å². The number of rotatable bonds is 5. The van der Waals surface area contributed by atoms with Gasteiger partial charge in [0.2, 0.25) is 5.95 Å². The zero-order valence-corrected chi connectivity index (χ0v) is 14.4. The molecule has 0 atom stereocenters. The first-order chi connectivity index (χ1) is 12.1. The molecule has 0 amide bonds. The first-order valence-electron chi connectivity index (χ1n) is 8.12. The van der Waals surface area contributed by atoms with E-state index in [1.807, 2.05) is 30.3 Å². The maximum Gasteiger partial charge on any atom is 0.254 e. The summed E-state index contributed by atoms with van der Waals surface area (Å²) in [4.78, 5) is 16.1. The molecular weight excluding hydrogens is 314 g/mol. The molecule has 0 radical (unpaired) electrons. The number of benzene rings is 2. The smallest absolute Gasteiger partial charge is 0.254 e. The molecule has 0 saturated heterocycles. The van der Waals surface area contributed by atoms with Crippen molar-refractivity contribution >= 4 is 5.95 Å². The molecule has 3 aromatic rings. The number of nitrogen functional groups attached to an aromatic ring is 1. The molecule has 0 spiro atoms. The summed E-state index contributed by atoms with van der Waals surface area (Å²) in [6, 6.07) is 17.9. The number of hydrogen-bond donors (Lipinski definition) is 1. The third-order valence-corrected chi connectivity index (χ3v) is 4.24. The second-order valence-corrected chi connectivity index (χ2v) is 5.93. The van der Waals surface area contributed by atoms with Gasteiger partial charge in [-0.25, -0.2) is 4.98 Å². The highest BCUT2D eigenvalue weighted by Crippen LogP contribution is 2.23. The highest BCUT2D eigenvalue weighted by molar-refractivity contribution is 5.64. The molecule has 0 aliphatic rings. The van der Waals surface area contributed by atoms with Crippen LogP contribution in [0.5, 0.6) is 5.75 Å². The Balaban J connectivity index is 1.76. The number of ether oxygens (including phenoxy) is 1. The van der Waals surface area contributed by atoms with E-state index in [1.54, 1.807) is 20.2 Å². The predicted octanol–water partition coefficient (Wildman–Crippen LogP) is 2.82. The molecule has 25 heavy (non-hydrogen) atoms. The highest BCUT2D eigenvalue weighted by Gasteiger charge is 2.05. The van der Waals surface area contributed by atoms with E-state index in [0.717, 1.165) is 29.0 Å². The molecule has 5 nitrogen and oxygen atoms in total. The van der Waals surface area contributed by atoms with Crippen LogP contribution < -0.4 is 16.0 Å². The molecule has 0 fully saturated rings. The average Bonchev–Trinajstić information content (AvgIpc) is 2.64. The summed E-state index contributed by atoms with van der Waals surface area (Å²) in [5.41, 5.74) is 9.82. The van der Waals surface area contributed by atoms with Crippen LogP contribution in [0.4, 0.5) is 5.95 Å². The van der Waals surface area contributed by atoms with Crippen molar-refractivity contribution in [2.24, 2.45) is 7.05 Å². The number of aryl methyl sites for hydroxylation is 2. The van der Waals surface area contributed by atoms with Crippen LogP contribution in [-0.4, -0.2) is 16.7 Å². The lowest BCUT2D eigenvalue weighted by Gasteiger charge is -2.08. The van der Waals surface area contributed by atoms with Gasteiger partial charge in [-0.05, 0) is 41.7 Å². The van der Waals surface area contributed by atoms with Gasteiger partial charge in [0, 0.05) is 13.1 Å². The molecular formula is C20H21N3O2. The third-order valence-electron chi connectivity index (χ3n) is 4.24. The fourth-order valence-electron chi connectivity index (χ4n) is 2.70. The van der Waals surface area contributed by atoms with Crippen molar-refractivity contribution in [3.8, 4) is 16.9 Å². The van der Waals surface area contributed by atoms with E-state index in [-0.39, 0.29) is 11.5 Å². The Hall–Kier alpha value is -3.08. The minimum absolute atomic E-state index is 0.130. The van der Waals surface area contributed by atoms with Crippen LogP contribution in [-0.2, 0) is 19.9 Å². The fourth-order valence-corrected chi connectivity index (χ4v) is 2.70. The third kappa shape index (κ3) is 3.88. The molecule has 5 heteroatoms. The Morgan fingerprint density at radius 3 is 2.48 bits per heavy atom. The predicted molar refractivity (Wildman–Crippen MR) is 99.7 cm³/mol. The SMILES string of the molecule is COc1ccc(-c2cccc(CCc3cc(=O)n(C)c(N)n3)c2)cc1. The standard InChI is InChI=1S/C20H21N3O2/c1-23-19(24)13-17(22-20(23)21)9-6-14-4-3-5-16(12-14)15-7-10-18(25-2)11-8-15/h3-5,7-8,10-13H,6,9H2,1-2H3,(H2,21,22). The number of nitrogens with two attached hydrogens (primary N) is 1. The van der Waals surface area contributed by atoms with Crippen LogP contribution in [0.25, 0.3) is 11.1 Å². The summed E-state index contributed by atoms with van der Waals surface area (Å²) >= 11 is 0. The van der Waals surface area contributed by atoms with Gasteiger partial charge >= 0.3 is 0 Å². The monoisotopic (exact) mass is 335 g/mol. The zero-order valence-electron chi connectivity index (χ0n) is 14.4. The first kappa shape index (κ1) is 16.8. The Morgan fingerprint density at radius 1 is 1.04 bits per heavy atom. The quantitative estimate of drug-likeness (QED) is 0.778. The largest absolute Gasteiger partial charge is 0.497 e. The maximum atomic E-state index is 11.8. The molecule has 2 aromatic carbocycles. The minimum Gasteiger partial charge on any atom is -0.497 e. The van der Waals surface area contributed by atoms with Gasteiger partial charge in [-0.2, -0.15) is 0 Å². The second kappa shape index (κ2) is 7.21. The molecule has 0 aliphatic heterocycles. The van der Waals surface area contributed by atoms with Crippen LogP contribution in [0, 0.1) is 0 Å². The van der Waals surface area contributed by atoms with Crippen molar-refractivity contribution in [1.29, 1.82) is 0 Å². The van der Waals surface area contributed by atoms with Gasteiger partial charge in [0.25, 0.3) is 5.56 Å². The van der Waals surface area contributed by atoms with E-state index >= 15 is 0 Å². The topological polar surface area (TPSA) is 70.1 Å². The zero-order chi connectivity index (χ0) is 17.8. The molecule has 2 N–H and O–H groups in total. The van der Waals surface area contributed by atoms with Crippen LogP contribution in [0.3, 0.4) is 0 Å². The van der Waals surface area contributed by atoms with Gasteiger partial charge in [0.15, 0.2) is 0 Å². The molecule has 0 bridgehead atoms. The van der Waals surface area contributed by atoms with E-state index < -0.39 is 0 Å². The molecule has 1 heterocycles. The highest BCUT2D eigenvalue weighted by atomic mass is 16.5. The second-order valence-electron chi connectivity index (χ2n) is 5.93. The number of hydrogen-bond acceptors (Lipinski definition) is 4.